The number of nitrogens with two attached hydrogens (primary N) is 1. The molecule has 1 saturated carbocycles. The van der Waals surface area contributed by atoms with Crippen LogP contribution in [0.3, 0.4) is 0 Å². The molecule has 0 amide bonds. The van der Waals surface area contributed by atoms with Gasteiger partial charge in [-0.15, -0.1) is 12.4 Å². The first kappa shape index (κ1) is 10.1. The highest BCUT2D eigenvalue weighted by Gasteiger charge is 2.27. The van der Waals surface area contributed by atoms with E-state index in [1.165, 1.54) is 0 Å². The standard InChI is InChI=1S/C6H11F2N.ClH/c7-6(8)3-4-1-5(9)2-4;/h4-6H,1-3,9H2;1H. The van der Waals surface area contributed by atoms with Crippen LogP contribution in [-0.4, -0.2) is 12.5 Å². The molecule has 2 N–H and O–H groups in total. The molecule has 0 aromatic rings. The van der Waals surface area contributed by atoms with Gasteiger partial charge in [0.2, 0.25) is 6.43 Å². The van der Waals surface area contributed by atoms with Gasteiger partial charge < -0.3 is 5.73 Å². The summed E-state index contributed by atoms with van der Waals surface area (Å²) >= 11 is 0. The molecule has 1 aliphatic rings. The highest BCUT2D eigenvalue weighted by atomic mass is 35.5. The lowest BCUT2D eigenvalue weighted by atomic mass is 9.79. The van der Waals surface area contributed by atoms with Gasteiger partial charge in [-0.3, -0.25) is 0 Å². The molecule has 0 aliphatic heterocycles. The van der Waals surface area contributed by atoms with Crippen LogP contribution < -0.4 is 5.73 Å². The predicted molar refractivity (Wildman–Crippen MR) is 38.6 cm³/mol. The van der Waals surface area contributed by atoms with E-state index in [2.05, 4.69) is 0 Å². The first-order valence-electron chi connectivity index (χ1n) is 3.22. The fourth-order valence-corrected chi connectivity index (χ4v) is 1.23. The molecule has 0 aromatic carbocycles. The monoisotopic (exact) mass is 171 g/mol. The normalized spacial score (nSPS) is 31.2. The first-order valence-corrected chi connectivity index (χ1v) is 3.22. The van der Waals surface area contributed by atoms with Crippen molar-refractivity contribution in [1.29, 1.82) is 0 Å². The van der Waals surface area contributed by atoms with Gasteiger partial charge in [-0.05, 0) is 18.8 Å². The van der Waals surface area contributed by atoms with Gasteiger partial charge in [-0.25, -0.2) is 8.78 Å². The number of hydrogen-bond donors (Lipinski definition) is 1. The van der Waals surface area contributed by atoms with E-state index in [1.54, 1.807) is 0 Å². The number of alkyl halides is 2. The van der Waals surface area contributed by atoms with Gasteiger partial charge in [0.15, 0.2) is 0 Å². The SMILES string of the molecule is Cl.NC1CC(CC(F)F)C1. The summed E-state index contributed by atoms with van der Waals surface area (Å²) in [5.74, 6) is 0.208. The van der Waals surface area contributed by atoms with Crippen molar-refractivity contribution in [1.82, 2.24) is 0 Å². The van der Waals surface area contributed by atoms with Crippen LogP contribution in [-0.2, 0) is 0 Å². The summed E-state index contributed by atoms with van der Waals surface area (Å²) in [6.07, 6.45) is -0.495. The molecule has 0 unspecified atom stereocenters. The molecule has 1 rings (SSSR count). The van der Waals surface area contributed by atoms with E-state index in [-0.39, 0.29) is 30.8 Å². The average Bonchev–Trinajstić information content (AvgIpc) is 1.60. The van der Waals surface area contributed by atoms with E-state index in [0.717, 1.165) is 12.8 Å². The molecule has 4 heteroatoms. The Morgan fingerprint density at radius 2 is 1.90 bits per heavy atom. The van der Waals surface area contributed by atoms with Gasteiger partial charge in [0.1, 0.15) is 0 Å². The van der Waals surface area contributed by atoms with Gasteiger partial charge in [0.05, 0.1) is 0 Å². The van der Waals surface area contributed by atoms with Gasteiger partial charge in [-0.2, -0.15) is 0 Å². The highest BCUT2D eigenvalue weighted by molar-refractivity contribution is 5.85. The summed E-state index contributed by atoms with van der Waals surface area (Å²) in [5.41, 5.74) is 5.40. The topological polar surface area (TPSA) is 26.0 Å². The van der Waals surface area contributed by atoms with E-state index in [9.17, 15) is 8.78 Å². The quantitative estimate of drug-likeness (QED) is 0.674. The van der Waals surface area contributed by atoms with E-state index in [4.69, 9.17) is 5.73 Å². The third-order valence-electron chi connectivity index (χ3n) is 1.78. The summed E-state index contributed by atoms with van der Waals surface area (Å²) in [7, 11) is 0. The van der Waals surface area contributed by atoms with Gasteiger partial charge in [0.25, 0.3) is 0 Å². The van der Waals surface area contributed by atoms with Crippen molar-refractivity contribution in [2.75, 3.05) is 0 Å². The van der Waals surface area contributed by atoms with Crippen molar-refractivity contribution in [2.45, 2.75) is 31.7 Å². The van der Waals surface area contributed by atoms with Gasteiger partial charge in [-0.1, -0.05) is 0 Å². The van der Waals surface area contributed by atoms with Crippen LogP contribution in [0.5, 0.6) is 0 Å². The molecule has 62 valence electrons. The van der Waals surface area contributed by atoms with Crippen LogP contribution in [0.25, 0.3) is 0 Å². The van der Waals surface area contributed by atoms with E-state index in [1.807, 2.05) is 0 Å². The number of rotatable bonds is 2. The number of hydrogen-bond acceptors (Lipinski definition) is 1. The molecule has 0 radical (unpaired) electrons. The van der Waals surface area contributed by atoms with E-state index < -0.39 is 6.43 Å². The minimum atomic E-state index is -2.14. The third kappa shape index (κ3) is 2.80. The van der Waals surface area contributed by atoms with Gasteiger partial charge in [0, 0.05) is 12.5 Å². The molecule has 0 bridgehead atoms. The zero-order chi connectivity index (χ0) is 6.85. The zero-order valence-corrected chi connectivity index (χ0v) is 6.41. The fourth-order valence-electron chi connectivity index (χ4n) is 1.23. The van der Waals surface area contributed by atoms with Crippen molar-refractivity contribution >= 4 is 12.4 Å². The molecule has 0 aromatic heterocycles. The summed E-state index contributed by atoms with van der Waals surface area (Å²) in [4.78, 5) is 0. The van der Waals surface area contributed by atoms with Crippen molar-refractivity contribution in [2.24, 2.45) is 11.7 Å². The van der Waals surface area contributed by atoms with Crippen molar-refractivity contribution in [3.63, 3.8) is 0 Å². The Balaban J connectivity index is 0.000000810. The molecule has 1 aliphatic carbocycles. The second-order valence-corrected chi connectivity index (χ2v) is 2.72. The van der Waals surface area contributed by atoms with Crippen LogP contribution in [0.4, 0.5) is 8.78 Å². The van der Waals surface area contributed by atoms with Crippen molar-refractivity contribution in [3.8, 4) is 0 Å². The summed E-state index contributed by atoms with van der Waals surface area (Å²) in [5, 5.41) is 0. The smallest absolute Gasteiger partial charge is 0.238 e. The fraction of sp³-hybridized carbons (Fsp3) is 1.00. The van der Waals surface area contributed by atoms with E-state index in [0.29, 0.717) is 0 Å². The Kier molecular flexibility index (Phi) is 4.13. The Hall–Kier alpha value is 0.110. The molecule has 0 heterocycles. The maximum Gasteiger partial charge on any atom is 0.238 e. The maximum atomic E-state index is 11.6. The van der Waals surface area contributed by atoms with Crippen LogP contribution in [0.2, 0.25) is 0 Å². The lowest BCUT2D eigenvalue weighted by molar-refractivity contribution is 0.0852. The van der Waals surface area contributed by atoms with Gasteiger partial charge >= 0.3 is 0 Å². The third-order valence-corrected chi connectivity index (χ3v) is 1.78. The summed E-state index contributed by atoms with van der Waals surface area (Å²) in [6.45, 7) is 0. The van der Waals surface area contributed by atoms with Crippen molar-refractivity contribution < 1.29 is 8.78 Å². The predicted octanol–water partition coefficient (Wildman–Crippen LogP) is 1.80. The summed E-state index contributed by atoms with van der Waals surface area (Å²) in [6, 6.07) is 0.203. The lowest BCUT2D eigenvalue weighted by Gasteiger charge is -2.31. The van der Waals surface area contributed by atoms with Crippen LogP contribution in [0.1, 0.15) is 19.3 Å². The van der Waals surface area contributed by atoms with Crippen LogP contribution in [0, 0.1) is 5.92 Å². The minimum absolute atomic E-state index is 0. The second-order valence-electron chi connectivity index (χ2n) is 2.72. The Labute approximate surface area is 65.4 Å². The van der Waals surface area contributed by atoms with E-state index >= 15 is 0 Å². The Morgan fingerprint density at radius 1 is 1.40 bits per heavy atom. The molecule has 10 heavy (non-hydrogen) atoms. The van der Waals surface area contributed by atoms with Crippen LogP contribution in [0.15, 0.2) is 0 Å². The molecule has 0 atom stereocenters. The maximum absolute atomic E-state index is 11.6. The first-order chi connectivity index (χ1) is 4.18. The molecule has 1 nitrogen and oxygen atoms in total. The number of halogens is 3. The molecule has 0 spiro atoms. The molecular formula is C6H12ClF2N. The van der Waals surface area contributed by atoms with Crippen molar-refractivity contribution in [3.05, 3.63) is 0 Å². The Bertz CT molecular complexity index is 93.7. The summed E-state index contributed by atoms with van der Waals surface area (Å²) < 4.78 is 23.2. The second kappa shape index (κ2) is 4.09. The highest BCUT2D eigenvalue weighted by Crippen LogP contribution is 2.30. The zero-order valence-electron chi connectivity index (χ0n) is 5.59. The lowest BCUT2D eigenvalue weighted by Crippen LogP contribution is -2.37. The molecule has 0 saturated heterocycles. The average molecular weight is 172 g/mol. The Morgan fingerprint density at radius 3 is 2.20 bits per heavy atom. The molecular weight excluding hydrogens is 160 g/mol. The van der Waals surface area contributed by atoms with Crippen LogP contribution >= 0.6 is 12.4 Å². The molecule has 1 fully saturated rings. The largest absolute Gasteiger partial charge is 0.328 e. The minimum Gasteiger partial charge on any atom is -0.328 e.